The molecule has 0 saturated carbocycles. The van der Waals surface area contributed by atoms with Crippen molar-refractivity contribution in [3.63, 3.8) is 0 Å². The first-order valence-electron chi connectivity index (χ1n) is 13.3. The SMILES string of the molecule is CCCCCCCCOC(C)(OCCCCCCCC)OC(C)OC(=O)c1ccccc1C(=O)O. The van der Waals surface area contributed by atoms with Gasteiger partial charge in [0.25, 0.3) is 5.97 Å². The molecule has 0 spiro atoms. The molecule has 1 unspecified atom stereocenters. The van der Waals surface area contributed by atoms with Gasteiger partial charge in [0, 0.05) is 6.92 Å². The largest absolute Gasteiger partial charge is 0.478 e. The van der Waals surface area contributed by atoms with Crippen molar-refractivity contribution < 1.29 is 33.6 Å². The van der Waals surface area contributed by atoms with Crippen molar-refractivity contribution in [3.05, 3.63) is 35.4 Å². The first-order valence-corrected chi connectivity index (χ1v) is 13.3. The average molecular weight is 495 g/mol. The Hall–Kier alpha value is -1.96. The van der Waals surface area contributed by atoms with E-state index in [1.165, 1.54) is 63.5 Å². The molecule has 0 radical (unpaired) electrons. The van der Waals surface area contributed by atoms with Gasteiger partial charge >= 0.3 is 11.9 Å². The third kappa shape index (κ3) is 13.6. The first-order chi connectivity index (χ1) is 16.8. The summed E-state index contributed by atoms with van der Waals surface area (Å²) in [5.74, 6) is -3.33. The van der Waals surface area contributed by atoms with E-state index in [9.17, 15) is 14.7 Å². The summed E-state index contributed by atoms with van der Waals surface area (Å²) in [5, 5.41) is 9.33. The highest BCUT2D eigenvalue weighted by Gasteiger charge is 2.31. The molecule has 1 N–H and O–H groups in total. The van der Waals surface area contributed by atoms with Crippen LogP contribution in [0.3, 0.4) is 0 Å². The van der Waals surface area contributed by atoms with Gasteiger partial charge in [-0.15, -0.1) is 0 Å². The zero-order chi connectivity index (χ0) is 25.9. The predicted octanol–water partition coefficient (Wildman–Crippen LogP) is 7.33. The van der Waals surface area contributed by atoms with Crippen LogP contribution < -0.4 is 0 Å². The molecule has 200 valence electrons. The van der Waals surface area contributed by atoms with E-state index in [0.717, 1.165) is 25.7 Å². The van der Waals surface area contributed by atoms with Gasteiger partial charge < -0.3 is 19.3 Å². The molecular weight excluding hydrogens is 448 g/mol. The van der Waals surface area contributed by atoms with Gasteiger partial charge in [-0.3, -0.25) is 4.74 Å². The van der Waals surface area contributed by atoms with E-state index in [4.69, 9.17) is 18.9 Å². The lowest BCUT2D eigenvalue weighted by molar-refractivity contribution is -0.401. The fourth-order valence-electron chi connectivity index (χ4n) is 3.78. The number of hydrogen-bond acceptors (Lipinski definition) is 6. The topological polar surface area (TPSA) is 91.3 Å². The second kappa shape index (κ2) is 18.3. The van der Waals surface area contributed by atoms with Crippen LogP contribution in [-0.4, -0.2) is 42.5 Å². The molecule has 0 heterocycles. The van der Waals surface area contributed by atoms with Gasteiger partial charge in [0.1, 0.15) is 0 Å². The third-order valence-corrected chi connectivity index (χ3v) is 5.75. The molecule has 0 aliphatic carbocycles. The summed E-state index contributed by atoms with van der Waals surface area (Å²) in [7, 11) is 0. The Morgan fingerprint density at radius 1 is 0.800 bits per heavy atom. The number of unbranched alkanes of at least 4 members (excludes halogenated alkanes) is 10. The Balaban J connectivity index is 2.63. The minimum absolute atomic E-state index is 0.0295. The molecule has 1 aromatic carbocycles. The zero-order valence-electron chi connectivity index (χ0n) is 22.2. The highest BCUT2D eigenvalue weighted by Crippen LogP contribution is 2.21. The number of benzene rings is 1. The lowest BCUT2D eigenvalue weighted by Gasteiger charge is -2.32. The van der Waals surface area contributed by atoms with E-state index < -0.39 is 24.2 Å². The van der Waals surface area contributed by atoms with Crippen LogP contribution in [0, 0.1) is 0 Å². The van der Waals surface area contributed by atoms with Crippen molar-refractivity contribution >= 4 is 11.9 Å². The number of esters is 1. The Bertz CT molecular complexity index is 701. The fourth-order valence-corrected chi connectivity index (χ4v) is 3.78. The summed E-state index contributed by atoms with van der Waals surface area (Å²) >= 11 is 0. The van der Waals surface area contributed by atoms with Crippen LogP contribution in [0.25, 0.3) is 0 Å². The summed E-state index contributed by atoms with van der Waals surface area (Å²) in [5.41, 5.74) is -0.149. The van der Waals surface area contributed by atoms with Crippen LogP contribution in [0.15, 0.2) is 24.3 Å². The molecule has 0 aliphatic heterocycles. The standard InChI is InChI=1S/C28H46O7/c1-5-7-9-11-13-17-21-32-28(4,33-22-18-14-12-10-8-6-2)35-23(3)34-27(31)25-20-16-15-19-24(25)26(29)30/h15-16,19-20,23H,5-14,17-18,21-22H2,1-4H3,(H,29,30). The Morgan fingerprint density at radius 2 is 1.26 bits per heavy atom. The molecule has 1 atom stereocenters. The number of rotatable bonds is 21. The van der Waals surface area contributed by atoms with Crippen molar-refractivity contribution in [2.75, 3.05) is 13.2 Å². The van der Waals surface area contributed by atoms with Crippen LogP contribution in [0.2, 0.25) is 0 Å². The van der Waals surface area contributed by atoms with Crippen molar-refractivity contribution in [2.24, 2.45) is 0 Å². The van der Waals surface area contributed by atoms with Crippen LogP contribution >= 0.6 is 0 Å². The van der Waals surface area contributed by atoms with E-state index in [-0.39, 0.29) is 11.1 Å². The Morgan fingerprint density at radius 3 is 1.74 bits per heavy atom. The molecule has 1 rings (SSSR count). The molecule has 1 aromatic rings. The second-order valence-electron chi connectivity index (χ2n) is 9.04. The van der Waals surface area contributed by atoms with Crippen molar-refractivity contribution in [3.8, 4) is 0 Å². The molecule has 35 heavy (non-hydrogen) atoms. The van der Waals surface area contributed by atoms with E-state index in [1.54, 1.807) is 26.0 Å². The van der Waals surface area contributed by atoms with Crippen LogP contribution in [0.1, 0.15) is 125 Å². The first kappa shape index (κ1) is 31.1. The van der Waals surface area contributed by atoms with E-state index in [0.29, 0.717) is 13.2 Å². The number of aromatic carboxylic acids is 1. The maximum Gasteiger partial charge on any atom is 0.341 e. The number of ether oxygens (including phenoxy) is 4. The summed E-state index contributed by atoms with van der Waals surface area (Å²) < 4.78 is 23.2. The van der Waals surface area contributed by atoms with Gasteiger partial charge in [-0.1, -0.05) is 90.2 Å². The van der Waals surface area contributed by atoms with Crippen LogP contribution in [-0.2, 0) is 18.9 Å². The van der Waals surface area contributed by atoms with Gasteiger partial charge in [-0.25, -0.2) is 9.59 Å². The van der Waals surface area contributed by atoms with Gasteiger partial charge in [0.05, 0.1) is 24.3 Å². The Kier molecular flexibility index (Phi) is 16.3. The van der Waals surface area contributed by atoms with Gasteiger partial charge in [0.2, 0.25) is 6.29 Å². The van der Waals surface area contributed by atoms with Gasteiger partial charge in [-0.05, 0) is 31.9 Å². The van der Waals surface area contributed by atoms with Crippen molar-refractivity contribution in [2.45, 2.75) is 117 Å². The summed E-state index contributed by atoms with van der Waals surface area (Å²) in [4.78, 5) is 24.0. The number of hydrogen-bond donors (Lipinski definition) is 1. The normalized spacial score (nSPS) is 12.5. The summed E-state index contributed by atoms with van der Waals surface area (Å²) in [6, 6.07) is 5.93. The summed E-state index contributed by atoms with van der Waals surface area (Å²) in [6.07, 6.45) is 12.6. The van der Waals surface area contributed by atoms with E-state index in [1.807, 2.05) is 0 Å². The minimum atomic E-state index is -1.36. The highest BCUT2D eigenvalue weighted by molar-refractivity contribution is 6.02. The van der Waals surface area contributed by atoms with E-state index >= 15 is 0 Å². The molecular formula is C28H46O7. The third-order valence-electron chi connectivity index (χ3n) is 5.75. The van der Waals surface area contributed by atoms with Crippen LogP contribution in [0.5, 0.6) is 0 Å². The molecule has 7 heteroatoms. The van der Waals surface area contributed by atoms with Crippen molar-refractivity contribution in [1.82, 2.24) is 0 Å². The molecule has 0 aromatic heterocycles. The molecule has 0 fully saturated rings. The lowest BCUT2D eigenvalue weighted by Crippen LogP contribution is -2.40. The Labute approximate surface area is 211 Å². The monoisotopic (exact) mass is 494 g/mol. The van der Waals surface area contributed by atoms with Gasteiger partial charge in [0.15, 0.2) is 0 Å². The van der Waals surface area contributed by atoms with Gasteiger partial charge in [-0.2, -0.15) is 0 Å². The number of carbonyl (C=O) groups is 2. The minimum Gasteiger partial charge on any atom is -0.478 e. The smallest absolute Gasteiger partial charge is 0.341 e. The molecule has 0 amide bonds. The summed E-state index contributed by atoms with van der Waals surface area (Å²) in [6.45, 7) is 8.60. The maximum atomic E-state index is 12.6. The number of carboxylic acids is 1. The van der Waals surface area contributed by atoms with Crippen molar-refractivity contribution in [1.29, 1.82) is 0 Å². The lowest BCUT2D eigenvalue weighted by atomic mass is 10.1. The average Bonchev–Trinajstić information content (AvgIpc) is 2.82. The molecule has 0 aliphatic rings. The fraction of sp³-hybridized carbons (Fsp3) is 0.714. The quantitative estimate of drug-likeness (QED) is 0.109. The second-order valence-corrected chi connectivity index (χ2v) is 9.04. The van der Waals surface area contributed by atoms with E-state index in [2.05, 4.69) is 13.8 Å². The zero-order valence-corrected chi connectivity index (χ0v) is 22.2. The molecule has 0 bridgehead atoms. The maximum absolute atomic E-state index is 12.6. The van der Waals surface area contributed by atoms with Crippen LogP contribution in [0.4, 0.5) is 0 Å². The molecule has 0 saturated heterocycles. The predicted molar refractivity (Wildman–Crippen MR) is 136 cm³/mol. The molecule has 7 nitrogen and oxygen atoms in total. The highest BCUT2D eigenvalue weighted by atomic mass is 16.9. The number of carbonyl (C=O) groups excluding carboxylic acids is 1. The number of carboxylic acid groups (broad SMARTS) is 1.